The highest BCUT2D eigenvalue weighted by atomic mass is 19.1. The zero-order chi connectivity index (χ0) is 30.9. The van der Waals surface area contributed by atoms with E-state index in [-0.39, 0.29) is 31.4 Å². The van der Waals surface area contributed by atoms with Crippen LogP contribution in [0.3, 0.4) is 0 Å². The molecule has 5 aliphatic rings. The Morgan fingerprint density at radius 3 is 2.48 bits per heavy atom. The van der Waals surface area contributed by atoms with Gasteiger partial charge >= 0.3 is 6.16 Å². The molecule has 1 saturated heterocycles. The first kappa shape index (κ1) is 31.2. The minimum Gasteiger partial charge on any atom is -0.433 e. The number of aliphatic hydroxyl groups is 1. The molecule has 11 heteroatoms. The Morgan fingerprint density at radius 1 is 1.12 bits per heavy atom. The molecule has 9 nitrogen and oxygen atoms in total. The van der Waals surface area contributed by atoms with Gasteiger partial charge in [0.25, 0.3) is 0 Å². The number of alkyl halides is 2. The molecular formula is C31H43F2NO8. The predicted octanol–water partition coefficient (Wildman–Crippen LogP) is 3.87. The first-order valence-corrected chi connectivity index (χ1v) is 15.0. The average Bonchev–Trinajstić information content (AvgIpc) is 3.33. The monoisotopic (exact) mass is 595 g/mol. The quantitative estimate of drug-likeness (QED) is 0.418. The van der Waals surface area contributed by atoms with E-state index in [1.807, 2.05) is 13.8 Å². The number of carbonyl (C=O) groups excluding carboxylic acids is 3. The van der Waals surface area contributed by atoms with Gasteiger partial charge in [-0.3, -0.25) is 9.59 Å². The summed E-state index contributed by atoms with van der Waals surface area (Å²) >= 11 is 0. The van der Waals surface area contributed by atoms with E-state index in [9.17, 15) is 19.5 Å². The molecule has 0 aromatic heterocycles. The zero-order valence-corrected chi connectivity index (χ0v) is 25.3. The fourth-order valence-corrected chi connectivity index (χ4v) is 8.87. The lowest BCUT2D eigenvalue weighted by Crippen LogP contribution is -2.71. The molecule has 0 bridgehead atoms. The minimum absolute atomic E-state index is 0.0296. The summed E-state index contributed by atoms with van der Waals surface area (Å²) in [6.07, 6.45) is -1.54. The number of halogens is 2. The van der Waals surface area contributed by atoms with Crippen molar-refractivity contribution in [2.75, 3.05) is 32.8 Å². The van der Waals surface area contributed by atoms with Crippen molar-refractivity contribution in [3.63, 3.8) is 0 Å². The van der Waals surface area contributed by atoms with Crippen molar-refractivity contribution in [2.24, 2.45) is 22.7 Å². The van der Waals surface area contributed by atoms with E-state index >= 15 is 8.78 Å². The fraction of sp³-hybridized carbons (Fsp3) is 0.774. The number of carbonyl (C=O) groups is 3. The van der Waals surface area contributed by atoms with Gasteiger partial charge in [-0.25, -0.2) is 13.6 Å². The molecule has 3 saturated carbocycles. The molecule has 0 radical (unpaired) electrons. The van der Waals surface area contributed by atoms with E-state index in [2.05, 4.69) is 4.90 Å². The van der Waals surface area contributed by atoms with Gasteiger partial charge in [-0.1, -0.05) is 26.8 Å². The van der Waals surface area contributed by atoms with Gasteiger partial charge in [-0.15, -0.1) is 0 Å². The molecule has 0 aromatic carbocycles. The van der Waals surface area contributed by atoms with Crippen molar-refractivity contribution in [2.45, 2.75) is 96.2 Å². The maximum atomic E-state index is 17.5. The number of hydrogen-bond acceptors (Lipinski definition) is 9. The second kappa shape index (κ2) is 10.5. The van der Waals surface area contributed by atoms with Crippen molar-refractivity contribution in [1.29, 1.82) is 0 Å². The number of Topliss-reactive ketones (excluding diaryl/α,β-unsaturated/α-hetero) is 1. The number of nitrogens with zero attached hydrogens (tertiary/aromatic N) is 1. The molecule has 42 heavy (non-hydrogen) atoms. The van der Waals surface area contributed by atoms with Crippen molar-refractivity contribution >= 4 is 17.7 Å². The summed E-state index contributed by atoms with van der Waals surface area (Å²) in [6.45, 7) is 12.2. The Labute approximate surface area is 245 Å². The van der Waals surface area contributed by atoms with Crippen molar-refractivity contribution in [3.05, 3.63) is 23.8 Å². The zero-order valence-electron chi connectivity index (χ0n) is 25.3. The van der Waals surface area contributed by atoms with Gasteiger partial charge in [0, 0.05) is 23.3 Å². The molecule has 4 aliphatic carbocycles. The molecule has 1 N–H and O–H groups in total. The number of fused-ring (bicyclic) bond motifs is 7. The smallest absolute Gasteiger partial charge is 0.433 e. The van der Waals surface area contributed by atoms with E-state index in [0.717, 1.165) is 19.2 Å². The molecule has 5 rings (SSSR count). The second-order valence-electron chi connectivity index (χ2n) is 13.3. The van der Waals surface area contributed by atoms with E-state index < -0.39 is 82.4 Å². The summed E-state index contributed by atoms with van der Waals surface area (Å²) in [6, 6.07) is 0. The third kappa shape index (κ3) is 4.32. The first-order valence-electron chi connectivity index (χ1n) is 15.0. The Hall–Kier alpha value is -2.21. The molecule has 1 heterocycles. The van der Waals surface area contributed by atoms with E-state index in [1.54, 1.807) is 20.8 Å². The van der Waals surface area contributed by atoms with Crippen LogP contribution in [0, 0.1) is 22.7 Å². The summed E-state index contributed by atoms with van der Waals surface area (Å²) in [7, 11) is 0. The lowest BCUT2D eigenvalue weighted by Gasteiger charge is -2.63. The van der Waals surface area contributed by atoms with Gasteiger partial charge in [0.2, 0.25) is 5.78 Å². The molecule has 0 unspecified atom stereocenters. The van der Waals surface area contributed by atoms with Crippen LogP contribution < -0.4 is 0 Å². The van der Waals surface area contributed by atoms with Crippen LogP contribution in [0.15, 0.2) is 23.8 Å². The number of ether oxygens (including phenoxy) is 4. The summed E-state index contributed by atoms with van der Waals surface area (Å²) < 4.78 is 56.2. The molecule has 0 amide bonds. The third-order valence-electron chi connectivity index (χ3n) is 10.9. The van der Waals surface area contributed by atoms with Crippen LogP contribution in [0.5, 0.6) is 0 Å². The van der Waals surface area contributed by atoms with Crippen LogP contribution in [0.1, 0.15) is 60.8 Å². The summed E-state index contributed by atoms with van der Waals surface area (Å²) in [4.78, 5) is 40.6. The van der Waals surface area contributed by atoms with Crippen LogP contribution in [0.2, 0.25) is 0 Å². The van der Waals surface area contributed by atoms with Gasteiger partial charge in [0.05, 0.1) is 12.2 Å². The largest absolute Gasteiger partial charge is 0.508 e. The number of hydrogen-bond donors (Lipinski definition) is 1. The normalized spacial score (nSPS) is 43.2. The van der Waals surface area contributed by atoms with E-state index in [0.29, 0.717) is 6.54 Å². The molecule has 0 spiro atoms. The second-order valence-corrected chi connectivity index (χ2v) is 13.3. The number of aliphatic hydroxyl groups excluding tert-OH is 1. The van der Waals surface area contributed by atoms with Crippen molar-refractivity contribution in [1.82, 2.24) is 4.90 Å². The van der Waals surface area contributed by atoms with Crippen molar-refractivity contribution in [3.8, 4) is 0 Å². The van der Waals surface area contributed by atoms with Crippen molar-refractivity contribution < 1.29 is 47.2 Å². The standard InChI is InChI=1S/C31H43F2NO8/c1-7-34(8-2)11-12-39-26(38)40-17-24(37)31-25(41-27(3,4)42-31)15-19-20-14-22(32)21-13-18(35)9-10-28(21,5)30(20,33)23(36)16-29(19,31)6/h9-10,13,19-20,22-23,25,36H,7-8,11-12,14-17H2,1-6H3/t19-,20-,22-,23-,25+,28-,29-,30-,31+/m0/s1. The maximum absolute atomic E-state index is 17.5. The number of likely N-dealkylation sites (N-methyl/N-ethyl adjacent to an activating group) is 1. The van der Waals surface area contributed by atoms with Gasteiger partial charge in [-0.2, -0.15) is 0 Å². The SMILES string of the molecule is CCN(CC)CCOC(=O)OCC(=O)[C@@]12OC(C)(C)O[C@@H]1C[C@H]1[C@@H]3C[C@H](F)C4=CC(=O)C=C[C@]4(C)[C@@]3(F)[C@@H](O)C[C@@]12C. The lowest BCUT2D eigenvalue weighted by molar-refractivity contribution is -0.249. The molecule has 234 valence electrons. The first-order chi connectivity index (χ1) is 19.6. The molecular weight excluding hydrogens is 552 g/mol. The highest BCUT2D eigenvalue weighted by Gasteiger charge is 2.80. The minimum atomic E-state index is -2.30. The molecule has 9 atom stereocenters. The summed E-state index contributed by atoms with van der Waals surface area (Å²) in [5.41, 5.74) is -6.66. The lowest BCUT2D eigenvalue weighted by atomic mass is 9.44. The Kier molecular flexibility index (Phi) is 7.77. The van der Waals surface area contributed by atoms with Crippen LogP contribution >= 0.6 is 0 Å². The Morgan fingerprint density at radius 2 is 1.81 bits per heavy atom. The molecule has 4 fully saturated rings. The molecule has 0 aromatic rings. The number of ketones is 2. The summed E-state index contributed by atoms with van der Waals surface area (Å²) in [5.74, 6) is -3.79. The number of rotatable bonds is 8. The third-order valence-corrected chi connectivity index (χ3v) is 10.9. The topological polar surface area (TPSA) is 112 Å². The molecule has 1 aliphatic heterocycles. The fourth-order valence-electron chi connectivity index (χ4n) is 8.87. The van der Waals surface area contributed by atoms with Crippen LogP contribution in [-0.4, -0.2) is 96.0 Å². The maximum Gasteiger partial charge on any atom is 0.508 e. The van der Waals surface area contributed by atoms with Gasteiger partial charge in [0.15, 0.2) is 29.4 Å². The van der Waals surface area contributed by atoms with Gasteiger partial charge < -0.3 is 29.0 Å². The van der Waals surface area contributed by atoms with Gasteiger partial charge in [-0.05, 0) is 76.8 Å². The highest BCUT2D eigenvalue weighted by Crippen LogP contribution is 2.72. The Bertz CT molecular complexity index is 1200. The predicted molar refractivity (Wildman–Crippen MR) is 147 cm³/mol. The average molecular weight is 596 g/mol. The van der Waals surface area contributed by atoms with Crippen LogP contribution in [0.4, 0.5) is 13.6 Å². The Balaban J connectivity index is 1.43. The highest BCUT2D eigenvalue weighted by molar-refractivity contribution is 6.01. The van der Waals surface area contributed by atoms with E-state index in [4.69, 9.17) is 18.9 Å². The number of allylic oxidation sites excluding steroid dienone is 4. The van der Waals surface area contributed by atoms with Gasteiger partial charge in [0.1, 0.15) is 12.8 Å². The van der Waals surface area contributed by atoms with Crippen LogP contribution in [-0.2, 0) is 28.5 Å². The summed E-state index contributed by atoms with van der Waals surface area (Å²) in [5, 5.41) is 11.6. The van der Waals surface area contributed by atoms with E-state index in [1.165, 1.54) is 19.1 Å². The van der Waals surface area contributed by atoms with Crippen LogP contribution in [0.25, 0.3) is 0 Å².